The molecule has 1 unspecified atom stereocenters. The first kappa shape index (κ1) is 19.9. The van der Waals surface area contributed by atoms with Crippen LogP contribution >= 0.6 is 0 Å². The van der Waals surface area contributed by atoms with Gasteiger partial charge in [-0.3, -0.25) is 19.7 Å². The van der Waals surface area contributed by atoms with Crippen molar-refractivity contribution in [1.29, 1.82) is 0 Å². The average Bonchev–Trinajstić information content (AvgIpc) is 3.02. The number of carbonyl (C=O) groups excluding carboxylic acids is 2. The minimum absolute atomic E-state index is 0.0780. The minimum Gasteiger partial charge on any atom is -0.343 e. The van der Waals surface area contributed by atoms with Crippen LogP contribution in [0, 0.1) is 24.0 Å². The Balaban J connectivity index is 1.82. The van der Waals surface area contributed by atoms with Crippen LogP contribution in [0.2, 0.25) is 0 Å². The molecule has 29 heavy (non-hydrogen) atoms. The van der Waals surface area contributed by atoms with E-state index in [1.807, 2.05) is 30.3 Å². The predicted octanol–water partition coefficient (Wildman–Crippen LogP) is 3.46. The van der Waals surface area contributed by atoms with E-state index in [1.165, 1.54) is 18.2 Å². The molecular formula is C21H20N4O4. The fourth-order valence-corrected chi connectivity index (χ4v) is 3.16. The molecule has 0 spiro atoms. The molecule has 1 amide bonds. The SMILES string of the molecule is Cc1nn(-c2ccccc2)c(C)c1C(=O)C(=O)NC(C)c1cccc([N+](=O)[O-])c1. The topological polar surface area (TPSA) is 107 Å². The summed E-state index contributed by atoms with van der Waals surface area (Å²) in [4.78, 5) is 35.8. The number of ketones is 1. The van der Waals surface area contributed by atoms with Gasteiger partial charge >= 0.3 is 0 Å². The van der Waals surface area contributed by atoms with Crippen LogP contribution in [0.25, 0.3) is 5.69 Å². The molecular weight excluding hydrogens is 372 g/mol. The molecule has 0 radical (unpaired) electrons. The lowest BCUT2D eigenvalue weighted by Gasteiger charge is -2.13. The number of benzene rings is 2. The van der Waals surface area contributed by atoms with E-state index in [4.69, 9.17) is 0 Å². The van der Waals surface area contributed by atoms with Crippen LogP contribution in [-0.2, 0) is 4.79 Å². The summed E-state index contributed by atoms with van der Waals surface area (Å²) in [6, 6.07) is 14.7. The Morgan fingerprint density at radius 1 is 1.10 bits per heavy atom. The molecule has 0 bridgehead atoms. The van der Waals surface area contributed by atoms with Crippen LogP contribution in [-0.4, -0.2) is 26.4 Å². The third-order valence-corrected chi connectivity index (χ3v) is 4.65. The first-order valence-corrected chi connectivity index (χ1v) is 9.00. The van der Waals surface area contributed by atoms with E-state index < -0.39 is 22.7 Å². The van der Waals surface area contributed by atoms with Crippen molar-refractivity contribution in [3.05, 3.63) is 87.2 Å². The van der Waals surface area contributed by atoms with Crippen LogP contribution in [0.1, 0.15) is 40.3 Å². The number of nitro benzene ring substituents is 1. The number of carbonyl (C=O) groups is 2. The van der Waals surface area contributed by atoms with Crippen molar-refractivity contribution in [2.45, 2.75) is 26.8 Å². The highest BCUT2D eigenvalue weighted by Gasteiger charge is 2.26. The van der Waals surface area contributed by atoms with Crippen molar-refractivity contribution in [3.8, 4) is 5.69 Å². The molecule has 3 aromatic rings. The Labute approximate surface area is 167 Å². The molecule has 1 N–H and O–H groups in total. The lowest BCUT2D eigenvalue weighted by atomic mass is 10.1. The Morgan fingerprint density at radius 3 is 2.45 bits per heavy atom. The molecule has 3 rings (SSSR count). The molecule has 0 fully saturated rings. The number of rotatable bonds is 6. The van der Waals surface area contributed by atoms with Crippen molar-refractivity contribution in [2.75, 3.05) is 0 Å². The Bertz CT molecular complexity index is 1090. The van der Waals surface area contributed by atoms with E-state index in [0.717, 1.165) is 5.69 Å². The van der Waals surface area contributed by atoms with Crippen LogP contribution in [0.5, 0.6) is 0 Å². The van der Waals surface area contributed by atoms with Gasteiger partial charge in [0.15, 0.2) is 0 Å². The van der Waals surface area contributed by atoms with Gasteiger partial charge < -0.3 is 5.32 Å². The summed E-state index contributed by atoms with van der Waals surface area (Å²) in [5, 5.41) is 17.9. The quantitative estimate of drug-likeness (QED) is 0.299. The van der Waals surface area contributed by atoms with Gasteiger partial charge in [0, 0.05) is 12.1 Å². The maximum absolute atomic E-state index is 12.8. The maximum atomic E-state index is 12.8. The largest absolute Gasteiger partial charge is 0.343 e. The zero-order valence-electron chi connectivity index (χ0n) is 16.2. The molecule has 0 aliphatic heterocycles. The number of Topliss-reactive ketones (excluding diaryl/α,β-unsaturated/α-hetero) is 1. The number of hydrogen-bond donors (Lipinski definition) is 1. The lowest BCUT2D eigenvalue weighted by Crippen LogP contribution is -2.33. The van der Waals surface area contributed by atoms with E-state index in [-0.39, 0.29) is 11.3 Å². The summed E-state index contributed by atoms with van der Waals surface area (Å²) < 4.78 is 1.62. The van der Waals surface area contributed by atoms with Gasteiger partial charge in [0.1, 0.15) is 0 Å². The Hall–Kier alpha value is -3.81. The molecule has 0 saturated carbocycles. The molecule has 1 aromatic heterocycles. The normalized spacial score (nSPS) is 11.7. The molecule has 1 heterocycles. The standard InChI is InChI=1S/C21H20N4O4/c1-13(16-8-7-11-18(12-16)25(28)29)22-21(27)20(26)19-14(2)23-24(15(19)3)17-9-5-4-6-10-17/h4-13H,1-3H3,(H,22,27). The molecule has 148 valence electrons. The smallest absolute Gasteiger partial charge is 0.293 e. The summed E-state index contributed by atoms with van der Waals surface area (Å²) in [6.45, 7) is 5.08. The van der Waals surface area contributed by atoms with Gasteiger partial charge in [0.25, 0.3) is 17.4 Å². The first-order valence-electron chi connectivity index (χ1n) is 9.00. The maximum Gasteiger partial charge on any atom is 0.293 e. The van der Waals surface area contributed by atoms with E-state index in [0.29, 0.717) is 17.0 Å². The van der Waals surface area contributed by atoms with Crippen molar-refractivity contribution in [1.82, 2.24) is 15.1 Å². The number of non-ortho nitro benzene ring substituents is 1. The second-order valence-electron chi connectivity index (χ2n) is 6.67. The summed E-state index contributed by atoms with van der Waals surface area (Å²) in [6.07, 6.45) is 0. The van der Waals surface area contributed by atoms with Crippen molar-refractivity contribution < 1.29 is 14.5 Å². The summed E-state index contributed by atoms with van der Waals surface area (Å²) in [5.74, 6) is -1.48. The molecule has 2 aromatic carbocycles. The monoisotopic (exact) mass is 392 g/mol. The molecule has 0 saturated heterocycles. The molecule has 1 atom stereocenters. The number of aromatic nitrogens is 2. The molecule has 8 nitrogen and oxygen atoms in total. The summed E-state index contributed by atoms with van der Waals surface area (Å²) in [5.41, 5.74) is 2.51. The number of nitro groups is 1. The lowest BCUT2D eigenvalue weighted by molar-refractivity contribution is -0.384. The fraction of sp³-hybridized carbons (Fsp3) is 0.190. The first-order chi connectivity index (χ1) is 13.8. The van der Waals surface area contributed by atoms with Crippen LogP contribution < -0.4 is 5.32 Å². The van der Waals surface area contributed by atoms with Crippen LogP contribution in [0.3, 0.4) is 0 Å². The van der Waals surface area contributed by atoms with Crippen molar-refractivity contribution >= 4 is 17.4 Å². The van der Waals surface area contributed by atoms with E-state index in [9.17, 15) is 19.7 Å². The zero-order chi connectivity index (χ0) is 21.1. The minimum atomic E-state index is -0.789. The zero-order valence-corrected chi connectivity index (χ0v) is 16.2. The number of nitrogens with zero attached hydrogens (tertiary/aromatic N) is 3. The summed E-state index contributed by atoms with van der Waals surface area (Å²) in [7, 11) is 0. The highest BCUT2D eigenvalue weighted by molar-refractivity contribution is 6.43. The third-order valence-electron chi connectivity index (χ3n) is 4.65. The molecule has 0 aliphatic carbocycles. The van der Waals surface area contributed by atoms with Gasteiger partial charge in [-0.15, -0.1) is 0 Å². The number of nitrogens with one attached hydrogen (secondary N) is 1. The highest BCUT2D eigenvalue weighted by Crippen LogP contribution is 2.21. The van der Waals surface area contributed by atoms with E-state index >= 15 is 0 Å². The number of para-hydroxylation sites is 1. The van der Waals surface area contributed by atoms with Gasteiger partial charge in [-0.25, -0.2) is 4.68 Å². The number of amides is 1. The fourth-order valence-electron chi connectivity index (χ4n) is 3.16. The number of hydrogen-bond acceptors (Lipinski definition) is 5. The van der Waals surface area contributed by atoms with Crippen molar-refractivity contribution in [3.63, 3.8) is 0 Å². The Kier molecular flexibility index (Phi) is 5.54. The molecule has 8 heteroatoms. The van der Waals surface area contributed by atoms with Gasteiger partial charge in [0.05, 0.1) is 33.6 Å². The van der Waals surface area contributed by atoms with Gasteiger partial charge in [-0.2, -0.15) is 5.10 Å². The van der Waals surface area contributed by atoms with Gasteiger partial charge in [-0.1, -0.05) is 30.3 Å². The Morgan fingerprint density at radius 2 is 1.79 bits per heavy atom. The highest BCUT2D eigenvalue weighted by atomic mass is 16.6. The second kappa shape index (κ2) is 8.05. The van der Waals surface area contributed by atoms with Crippen molar-refractivity contribution in [2.24, 2.45) is 0 Å². The summed E-state index contributed by atoms with van der Waals surface area (Å²) >= 11 is 0. The van der Waals surface area contributed by atoms with Crippen LogP contribution in [0.4, 0.5) is 5.69 Å². The van der Waals surface area contributed by atoms with E-state index in [1.54, 1.807) is 31.5 Å². The molecule has 0 aliphatic rings. The number of aryl methyl sites for hydroxylation is 1. The predicted molar refractivity (Wildman–Crippen MR) is 107 cm³/mol. The van der Waals surface area contributed by atoms with Gasteiger partial charge in [-0.05, 0) is 38.5 Å². The second-order valence-corrected chi connectivity index (χ2v) is 6.67. The third kappa shape index (κ3) is 4.06. The van der Waals surface area contributed by atoms with Crippen LogP contribution in [0.15, 0.2) is 54.6 Å². The van der Waals surface area contributed by atoms with Gasteiger partial charge in [0.2, 0.25) is 0 Å². The van der Waals surface area contributed by atoms with E-state index in [2.05, 4.69) is 10.4 Å². The average molecular weight is 392 g/mol.